The average molecular weight is 475 g/mol. The number of ether oxygens (including phenoxy) is 3. The van der Waals surface area contributed by atoms with Gasteiger partial charge < -0.3 is 24.2 Å². The molecule has 0 radical (unpaired) electrons. The number of nitrogens with zero attached hydrogens (tertiary/aromatic N) is 3. The topological polar surface area (TPSA) is 169 Å². The molecule has 0 spiro atoms. The summed E-state index contributed by atoms with van der Waals surface area (Å²) in [6.45, 7) is 4.13. The van der Waals surface area contributed by atoms with E-state index in [4.69, 9.17) is 14.2 Å². The van der Waals surface area contributed by atoms with E-state index in [9.17, 15) is 34.9 Å². The number of nitriles is 1. The quantitative estimate of drug-likeness (QED) is 0.147. The lowest BCUT2D eigenvalue weighted by molar-refractivity contribution is -0.385. The van der Waals surface area contributed by atoms with Crippen LogP contribution in [-0.2, 0) is 19.1 Å². The van der Waals surface area contributed by atoms with Crippen LogP contribution in [0.15, 0.2) is 17.7 Å². The smallest absolute Gasteiger partial charge is 0.499 e. The van der Waals surface area contributed by atoms with E-state index >= 15 is 0 Å². The predicted octanol–water partition coefficient (Wildman–Crippen LogP) is 3.08. The lowest BCUT2D eigenvalue weighted by Gasteiger charge is -2.25. The Morgan fingerprint density at radius 1 is 1.26 bits per heavy atom. The molecule has 0 atom stereocenters. The van der Waals surface area contributed by atoms with Crippen LogP contribution in [0.1, 0.15) is 45.1 Å². The number of nitro benzene ring substituents is 1. The fourth-order valence-electron chi connectivity index (χ4n) is 3.65. The Morgan fingerprint density at radius 2 is 1.88 bits per heavy atom. The summed E-state index contributed by atoms with van der Waals surface area (Å²) in [6, 6.07) is 3.71. The van der Waals surface area contributed by atoms with Crippen molar-refractivity contribution in [3.05, 3.63) is 33.4 Å². The molecule has 1 aromatic carbocycles. The second-order valence-corrected chi connectivity index (χ2v) is 7.44. The Kier molecular flexibility index (Phi) is 8.55. The van der Waals surface area contributed by atoms with E-state index in [1.165, 1.54) is 4.90 Å². The Balaban J connectivity index is 2.42. The molecule has 1 N–H and O–H groups in total. The largest absolute Gasteiger partial charge is 0.515 e. The molecule has 1 amide bonds. The lowest BCUT2D eigenvalue weighted by Crippen LogP contribution is -2.42. The van der Waals surface area contributed by atoms with Gasteiger partial charge in [-0.15, -0.1) is 0 Å². The Bertz CT molecular complexity index is 1050. The van der Waals surface area contributed by atoms with E-state index in [-0.39, 0.29) is 24.0 Å². The number of phenolic OH excluding ortho intramolecular Hbond substituents is 1. The summed E-state index contributed by atoms with van der Waals surface area (Å²) in [5.74, 6) is -2.96. The van der Waals surface area contributed by atoms with E-state index in [1.807, 2.05) is 0 Å². The maximum Gasteiger partial charge on any atom is 0.515 e. The number of aromatic hydroxyl groups is 1. The van der Waals surface area contributed by atoms with Gasteiger partial charge in [0.25, 0.3) is 5.91 Å². The molecule has 2 rings (SSSR count). The highest BCUT2D eigenvalue weighted by Crippen LogP contribution is 2.39. The molecular weight excluding hydrogens is 450 g/mol. The molecule has 0 heterocycles. The average Bonchev–Trinajstić information content (AvgIpc) is 3.28. The number of methoxy groups -OCH3 is 1. The summed E-state index contributed by atoms with van der Waals surface area (Å²) < 4.78 is 14.9. The van der Waals surface area contributed by atoms with Gasteiger partial charge in [0.05, 0.1) is 12.0 Å². The van der Waals surface area contributed by atoms with E-state index in [1.54, 1.807) is 19.9 Å². The van der Waals surface area contributed by atoms with Crippen molar-refractivity contribution in [2.75, 3.05) is 20.2 Å². The van der Waals surface area contributed by atoms with Crippen LogP contribution in [0.2, 0.25) is 0 Å². The highest BCUT2D eigenvalue weighted by atomic mass is 16.7. The van der Waals surface area contributed by atoms with Crippen molar-refractivity contribution >= 4 is 29.8 Å². The molecule has 12 heteroatoms. The van der Waals surface area contributed by atoms with Gasteiger partial charge in [0.1, 0.15) is 11.6 Å². The Hall–Kier alpha value is -4.14. The third kappa shape index (κ3) is 5.61. The number of hydrogen-bond acceptors (Lipinski definition) is 10. The van der Waals surface area contributed by atoms with Gasteiger partial charge in [-0.25, -0.2) is 9.59 Å². The molecule has 182 valence electrons. The van der Waals surface area contributed by atoms with Crippen molar-refractivity contribution in [1.29, 1.82) is 5.26 Å². The van der Waals surface area contributed by atoms with Crippen LogP contribution in [0.25, 0.3) is 6.08 Å². The standard InChI is InChI=1S/C22H25N3O9/c1-4-24(5-2)19(27)15(13-23)10-14-11-16(25(30)31)18(26)17(12-14)33-21(29)34-22(20(28)32-3)8-6-7-9-22/h10-12,26H,4-9H2,1-3H3. The first-order chi connectivity index (χ1) is 16.1. The second kappa shape index (κ2) is 11.1. The zero-order valence-electron chi connectivity index (χ0n) is 19.0. The van der Waals surface area contributed by atoms with Crippen molar-refractivity contribution in [3.8, 4) is 17.6 Å². The van der Waals surface area contributed by atoms with Gasteiger partial charge in [-0.05, 0) is 57.2 Å². The predicted molar refractivity (Wildman–Crippen MR) is 117 cm³/mol. The lowest BCUT2D eigenvalue weighted by atomic mass is 10.0. The number of carbonyl (C=O) groups excluding carboxylic acids is 3. The van der Waals surface area contributed by atoms with Crippen LogP contribution in [0.4, 0.5) is 10.5 Å². The number of esters is 1. The van der Waals surface area contributed by atoms with Gasteiger partial charge in [0.2, 0.25) is 11.4 Å². The van der Waals surface area contributed by atoms with Gasteiger partial charge >= 0.3 is 17.8 Å². The first-order valence-corrected chi connectivity index (χ1v) is 10.5. The van der Waals surface area contributed by atoms with Crippen molar-refractivity contribution in [3.63, 3.8) is 0 Å². The maximum absolute atomic E-state index is 12.5. The van der Waals surface area contributed by atoms with Crippen LogP contribution in [-0.4, -0.2) is 58.8 Å². The molecule has 0 unspecified atom stereocenters. The summed E-state index contributed by atoms with van der Waals surface area (Å²) in [5, 5.41) is 31.1. The Labute approximate surface area is 195 Å². The Morgan fingerprint density at radius 3 is 2.38 bits per heavy atom. The number of amides is 1. The molecule has 0 bridgehead atoms. The normalized spacial score (nSPS) is 14.6. The first-order valence-electron chi connectivity index (χ1n) is 10.5. The fourth-order valence-corrected chi connectivity index (χ4v) is 3.65. The number of hydrogen-bond donors (Lipinski definition) is 1. The molecule has 1 aromatic rings. The van der Waals surface area contributed by atoms with Gasteiger partial charge in [0.15, 0.2) is 5.75 Å². The molecule has 12 nitrogen and oxygen atoms in total. The summed E-state index contributed by atoms with van der Waals surface area (Å²) in [6.07, 6.45) is 1.34. The van der Waals surface area contributed by atoms with Crippen LogP contribution >= 0.6 is 0 Å². The van der Waals surface area contributed by atoms with E-state index in [0.717, 1.165) is 25.3 Å². The van der Waals surface area contributed by atoms with Crippen LogP contribution in [0.5, 0.6) is 11.5 Å². The number of phenols is 1. The van der Waals surface area contributed by atoms with Crippen molar-refractivity contribution in [2.24, 2.45) is 0 Å². The zero-order chi connectivity index (χ0) is 25.5. The number of nitro groups is 1. The molecule has 1 aliphatic carbocycles. The molecule has 0 saturated heterocycles. The zero-order valence-corrected chi connectivity index (χ0v) is 19.0. The highest BCUT2D eigenvalue weighted by molar-refractivity contribution is 6.01. The fraction of sp³-hybridized carbons (Fsp3) is 0.455. The number of likely N-dealkylation sites (N-methyl/N-ethyl adjacent to an activating group) is 1. The second-order valence-electron chi connectivity index (χ2n) is 7.44. The summed E-state index contributed by atoms with van der Waals surface area (Å²) >= 11 is 0. The first kappa shape index (κ1) is 26.1. The number of rotatable bonds is 8. The third-order valence-corrected chi connectivity index (χ3v) is 5.43. The third-order valence-electron chi connectivity index (χ3n) is 5.43. The van der Waals surface area contributed by atoms with E-state index in [2.05, 4.69) is 0 Å². The minimum atomic E-state index is -1.55. The molecule has 1 aliphatic rings. The van der Waals surface area contributed by atoms with Gasteiger partial charge in [0, 0.05) is 19.2 Å². The minimum absolute atomic E-state index is 0.0482. The van der Waals surface area contributed by atoms with Gasteiger partial charge in [-0.1, -0.05) is 0 Å². The van der Waals surface area contributed by atoms with Gasteiger partial charge in [-0.2, -0.15) is 5.26 Å². The SMILES string of the molecule is CCN(CC)C(=O)C(C#N)=Cc1cc(OC(=O)OC2(C(=O)OC)CCCC2)c(O)c([N+](=O)[O-])c1. The highest BCUT2D eigenvalue weighted by Gasteiger charge is 2.47. The van der Waals surface area contributed by atoms with Crippen LogP contribution in [0, 0.1) is 21.4 Å². The monoisotopic (exact) mass is 475 g/mol. The summed E-state index contributed by atoms with van der Waals surface area (Å²) in [4.78, 5) is 49.0. The summed E-state index contributed by atoms with van der Waals surface area (Å²) in [7, 11) is 1.15. The molecule has 34 heavy (non-hydrogen) atoms. The number of carbonyl (C=O) groups is 3. The van der Waals surface area contributed by atoms with Crippen molar-refractivity contribution < 1.29 is 38.6 Å². The van der Waals surface area contributed by atoms with Crippen molar-refractivity contribution in [2.45, 2.75) is 45.1 Å². The van der Waals surface area contributed by atoms with Crippen molar-refractivity contribution in [1.82, 2.24) is 4.90 Å². The molecule has 0 aromatic heterocycles. The van der Waals surface area contributed by atoms with Crippen LogP contribution < -0.4 is 4.74 Å². The molecule has 1 saturated carbocycles. The molecule has 0 aliphatic heterocycles. The number of benzene rings is 1. The molecular formula is C22H25N3O9. The van der Waals surface area contributed by atoms with Gasteiger partial charge in [-0.3, -0.25) is 14.9 Å². The van der Waals surface area contributed by atoms with E-state index in [0.29, 0.717) is 25.9 Å². The van der Waals surface area contributed by atoms with E-state index < -0.39 is 45.7 Å². The summed E-state index contributed by atoms with van der Waals surface area (Å²) in [5.41, 5.74) is -2.73. The molecule has 1 fully saturated rings. The van der Waals surface area contributed by atoms with Crippen LogP contribution in [0.3, 0.4) is 0 Å². The maximum atomic E-state index is 12.5. The minimum Gasteiger partial charge on any atom is -0.499 e.